The maximum absolute atomic E-state index is 13.8. The van der Waals surface area contributed by atoms with Gasteiger partial charge < -0.3 is 10.3 Å². The second-order valence-corrected chi connectivity index (χ2v) is 10.5. The number of para-hydroxylation sites is 1. The third-order valence-corrected chi connectivity index (χ3v) is 7.69. The van der Waals surface area contributed by atoms with Gasteiger partial charge in [-0.2, -0.15) is 5.10 Å². The van der Waals surface area contributed by atoms with Crippen molar-refractivity contribution in [3.8, 4) is 34.0 Å². The minimum Gasteiger partial charge on any atom is -0.378 e. The lowest BCUT2D eigenvalue weighted by Gasteiger charge is -2.06. The lowest BCUT2D eigenvalue weighted by atomic mass is 10.1. The van der Waals surface area contributed by atoms with E-state index in [1.165, 1.54) is 12.1 Å². The van der Waals surface area contributed by atoms with Gasteiger partial charge in [-0.05, 0) is 68.3 Å². The molecular formula is C29H24FN7S. The monoisotopic (exact) mass is 521 g/mol. The molecule has 0 bridgehead atoms. The Balaban J connectivity index is 1.41. The number of benzene rings is 2. The quantitative estimate of drug-likeness (QED) is 0.240. The molecule has 7 rings (SSSR count). The van der Waals surface area contributed by atoms with Gasteiger partial charge in [-0.15, -0.1) is 0 Å². The van der Waals surface area contributed by atoms with Crippen molar-refractivity contribution in [2.24, 2.45) is 0 Å². The molecule has 7 nitrogen and oxygen atoms in total. The SMILES string of the molecule is Cc1cccc(-c2nc(CNc3ccccc3)[nH]c2-c2c(-c3ccc(F)cc3)nc3sc(C4CC4)nn23)n1. The van der Waals surface area contributed by atoms with Crippen LogP contribution in [0, 0.1) is 12.7 Å². The fraction of sp³-hybridized carbons (Fsp3) is 0.172. The van der Waals surface area contributed by atoms with Gasteiger partial charge in [-0.1, -0.05) is 35.6 Å². The van der Waals surface area contributed by atoms with Gasteiger partial charge in [0.2, 0.25) is 4.96 Å². The number of imidazole rings is 2. The molecule has 1 fully saturated rings. The predicted octanol–water partition coefficient (Wildman–Crippen LogP) is 6.85. The number of H-pyrrole nitrogens is 1. The van der Waals surface area contributed by atoms with Crippen LogP contribution in [0.3, 0.4) is 0 Å². The smallest absolute Gasteiger partial charge is 0.213 e. The number of aromatic nitrogens is 6. The van der Waals surface area contributed by atoms with Crippen LogP contribution in [-0.2, 0) is 6.54 Å². The first-order valence-electron chi connectivity index (χ1n) is 12.6. The predicted molar refractivity (Wildman–Crippen MR) is 148 cm³/mol. The van der Waals surface area contributed by atoms with Crippen LogP contribution in [0.4, 0.5) is 10.1 Å². The number of nitrogens with one attached hydrogen (secondary N) is 2. The van der Waals surface area contributed by atoms with Crippen LogP contribution in [0.1, 0.15) is 35.3 Å². The highest BCUT2D eigenvalue weighted by Crippen LogP contribution is 2.44. The summed E-state index contributed by atoms with van der Waals surface area (Å²) in [6, 6.07) is 22.4. The topological polar surface area (TPSA) is 83.8 Å². The van der Waals surface area contributed by atoms with Crippen molar-refractivity contribution in [1.82, 2.24) is 29.5 Å². The number of rotatable bonds is 7. The Labute approximate surface area is 222 Å². The highest BCUT2D eigenvalue weighted by molar-refractivity contribution is 7.16. The minimum atomic E-state index is -0.286. The number of nitrogens with zero attached hydrogens (tertiary/aromatic N) is 5. The highest BCUT2D eigenvalue weighted by atomic mass is 32.1. The van der Waals surface area contributed by atoms with Crippen molar-refractivity contribution in [2.75, 3.05) is 5.32 Å². The highest BCUT2D eigenvalue weighted by Gasteiger charge is 2.31. The summed E-state index contributed by atoms with van der Waals surface area (Å²) in [5.41, 5.74) is 6.53. The van der Waals surface area contributed by atoms with Gasteiger partial charge in [-0.25, -0.2) is 18.9 Å². The number of anilines is 1. The average molecular weight is 522 g/mol. The fourth-order valence-corrected chi connectivity index (χ4v) is 5.64. The van der Waals surface area contributed by atoms with Crippen molar-refractivity contribution in [3.63, 3.8) is 0 Å². The summed E-state index contributed by atoms with van der Waals surface area (Å²) >= 11 is 1.62. The number of hydrogen-bond donors (Lipinski definition) is 2. The number of hydrogen-bond acceptors (Lipinski definition) is 6. The molecule has 0 radical (unpaired) electrons. The van der Waals surface area contributed by atoms with E-state index in [2.05, 4.69) is 10.3 Å². The van der Waals surface area contributed by atoms with Crippen LogP contribution in [0.5, 0.6) is 0 Å². The Morgan fingerprint density at radius 3 is 2.53 bits per heavy atom. The van der Waals surface area contributed by atoms with Crippen LogP contribution in [0.15, 0.2) is 72.8 Å². The summed E-state index contributed by atoms with van der Waals surface area (Å²) in [7, 11) is 0. The lowest BCUT2D eigenvalue weighted by molar-refractivity contribution is 0.628. The van der Waals surface area contributed by atoms with Gasteiger partial charge in [-0.3, -0.25) is 4.98 Å². The summed E-state index contributed by atoms with van der Waals surface area (Å²) in [5, 5.41) is 9.52. The van der Waals surface area contributed by atoms with E-state index in [9.17, 15) is 4.39 Å². The molecule has 4 heterocycles. The molecule has 6 aromatic rings. The van der Waals surface area contributed by atoms with Gasteiger partial charge in [0, 0.05) is 22.9 Å². The molecule has 1 saturated carbocycles. The number of pyridine rings is 1. The maximum atomic E-state index is 13.8. The molecule has 0 atom stereocenters. The Bertz CT molecular complexity index is 1750. The van der Waals surface area contributed by atoms with Crippen molar-refractivity contribution >= 4 is 22.0 Å². The van der Waals surface area contributed by atoms with Crippen molar-refractivity contribution in [1.29, 1.82) is 0 Å². The van der Waals surface area contributed by atoms with Gasteiger partial charge in [0.1, 0.15) is 33.7 Å². The number of halogens is 1. The first kappa shape index (κ1) is 22.8. The zero-order valence-corrected chi connectivity index (χ0v) is 21.5. The van der Waals surface area contributed by atoms with Gasteiger partial charge in [0.15, 0.2) is 0 Å². The van der Waals surface area contributed by atoms with E-state index in [1.54, 1.807) is 23.5 Å². The van der Waals surface area contributed by atoms with Gasteiger partial charge in [0.05, 0.1) is 17.9 Å². The summed E-state index contributed by atoms with van der Waals surface area (Å²) < 4.78 is 15.7. The molecule has 2 aromatic carbocycles. The summed E-state index contributed by atoms with van der Waals surface area (Å²) in [6.45, 7) is 2.47. The van der Waals surface area contributed by atoms with Crippen LogP contribution in [-0.4, -0.2) is 29.5 Å². The Morgan fingerprint density at radius 1 is 0.947 bits per heavy atom. The molecule has 0 amide bonds. The Hall–Kier alpha value is -4.37. The number of fused-ring (bicyclic) bond motifs is 1. The van der Waals surface area contributed by atoms with E-state index < -0.39 is 0 Å². The number of aryl methyl sites for hydroxylation is 1. The normalized spacial score (nSPS) is 13.3. The average Bonchev–Trinajstić information content (AvgIpc) is 3.42. The molecule has 2 N–H and O–H groups in total. The zero-order valence-electron chi connectivity index (χ0n) is 20.6. The zero-order chi connectivity index (χ0) is 25.6. The van der Waals surface area contributed by atoms with E-state index in [-0.39, 0.29) is 5.82 Å². The lowest BCUT2D eigenvalue weighted by Crippen LogP contribution is -2.01. The second kappa shape index (κ2) is 9.18. The minimum absolute atomic E-state index is 0.286. The van der Waals surface area contributed by atoms with E-state index in [0.717, 1.165) is 74.0 Å². The molecule has 0 unspecified atom stereocenters. The Kier molecular flexibility index (Phi) is 5.51. The number of aromatic amines is 1. The van der Waals surface area contributed by atoms with E-state index in [1.807, 2.05) is 60.0 Å². The van der Waals surface area contributed by atoms with Crippen LogP contribution < -0.4 is 5.32 Å². The van der Waals surface area contributed by atoms with E-state index in [4.69, 9.17) is 20.1 Å². The second-order valence-electron chi connectivity index (χ2n) is 9.52. The van der Waals surface area contributed by atoms with Crippen molar-refractivity contribution in [3.05, 3.63) is 95.1 Å². The van der Waals surface area contributed by atoms with E-state index >= 15 is 0 Å². The summed E-state index contributed by atoms with van der Waals surface area (Å²) in [4.78, 5) is 19.1. The van der Waals surface area contributed by atoms with Gasteiger partial charge in [0.25, 0.3) is 0 Å². The van der Waals surface area contributed by atoms with Crippen LogP contribution in [0.25, 0.3) is 39.0 Å². The third-order valence-electron chi connectivity index (χ3n) is 6.62. The molecular weight excluding hydrogens is 497 g/mol. The summed E-state index contributed by atoms with van der Waals surface area (Å²) in [6.07, 6.45) is 2.32. The fourth-order valence-electron chi connectivity index (χ4n) is 4.57. The Morgan fingerprint density at radius 2 is 1.76 bits per heavy atom. The van der Waals surface area contributed by atoms with Crippen LogP contribution >= 0.6 is 11.3 Å². The molecule has 188 valence electrons. The molecule has 38 heavy (non-hydrogen) atoms. The standard InChI is InChI=1S/C29H24FN7S/c1-17-6-5-9-22(32-17)25-26(34-23(33-25)16-31-21-7-3-2-4-8-21)27-24(18-12-14-20(30)15-13-18)35-29-37(27)36-28(38-29)19-10-11-19/h2-9,12-15,19,31H,10-11,16H2,1H3,(H,33,34). The van der Waals surface area contributed by atoms with Gasteiger partial charge >= 0.3 is 0 Å². The largest absolute Gasteiger partial charge is 0.378 e. The van der Waals surface area contributed by atoms with Crippen molar-refractivity contribution < 1.29 is 4.39 Å². The van der Waals surface area contributed by atoms with Crippen molar-refractivity contribution in [2.45, 2.75) is 32.2 Å². The molecule has 0 aliphatic heterocycles. The molecule has 4 aromatic heterocycles. The maximum Gasteiger partial charge on any atom is 0.213 e. The summed E-state index contributed by atoms with van der Waals surface area (Å²) in [5.74, 6) is 0.986. The van der Waals surface area contributed by atoms with E-state index in [0.29, 0.717) is 12.5 Å². The molecule has 1 aliphatic rings. The molecule has 9 heteroatoms. The molecule has 0 saturated heterocycles. The molecule has 0 spiro atoms. The third kappa shape index (κ3) is 4.24. The molecule has 1 aliphatic carbocycles. The van der Waals surface area contributed by atoms with Crippen LogP contribution in [0.2, 0.25) is 0 Å². The first-order valence-corrected chi connectivity index (χ1v) is 13.4. The first-order chi connectivity index (χ1) is 18.6.